The standard InChI is InChI=1S/C20H42O4S.K/c1-2-3-4-11-14-17-20(25(22,23)24)18-15-12-9-7-5-6-8-10-13-16-19-21;/h20-21H,2-19H2,1H3,(H,22,23,24);/q;+1/p-1. The summed E-state index contributed by atoms with van der Waals surface area (Å²) in [4.78, 5) is 0. The molecule has 0 aromatic carbocycles. The molecule has 0 heterocycles. The van der Waals surface area contributed by atoms with E-state index in [9.17, 15) is 13.0 Å². The Bertz CT molecular complexity index is 374. The molecule has 0 aromatic heterocycles. The predicted molar refractivity (Wildman–Crippen MR) is 105 cm³/mol. The van der Waals surface area contributed by atoms with E-state index in [0.29, 0.717) is 19.4 Å². The Kier molecular flexibility index (Phi) is 24.2. The van der Waals surface area contributed by atoms with E-state index in [2.05, 4.69) is 6.92 Å². The summed E-state index contributed by atoms with van der Waals surface area (Å²) < 4.78 is 34.2. The fourth-order valence-corrected chi connectivity index (χ4v) is 4.22. The molecule has 4 nitrogen and oxygen atoms in total. The molecule has 152 valence electrons. The van der Waals surface area contributed by atoms with E-state index in [1.54, 1.807) is 0 Å². The van der Waals surface area contributed by atoms with Crippen LogP contribution in [0, 0.1) is 0 Å². The van der Waals surface area contributed by atoms with Gasteiger partial charge in [-0.3, -0.25) is 0 Å². The first kappa shape index (κ1) is 29.7. The van der Waals surface area contributed by atoms with E-state index in [4.69, 9.17) is 5.11 Å². The van der Waals surface area contributed by atoms with Gasteiger partial charge in [0.05, 0.1) is 10.1 Å². The maximum absolute atomic E-state index is 11.4. The summed E-state index contributed by atoms with van der Waals surface area (Å²) in [5.41, 5.74) is 0. The Morgan fingerprint density at radius 1 is 0.692 bits per heavy atom. The average molecular weight is 417 g/mol. The minimum absolute atomic E-state index is 0. The van der Waals surface area contributed by atoms with Crippen molar-refractivity contribution in [2.75, 3.05) is 6.61 Å². The van der Waals surface area contributed by atoms with Crippen molar-refractivity contribution in [2.24, 2.45) is 0 Å². The molecule has 1 atom stereocenters. The van der Waals surface area contributed by atoms with Crippen LogP contribution in [0.4, 0.5) is 0 Å². The summed E-state index contributed by atoms with van der Waals surface area (Å²) in [6, 6.07) is 0. The molecule has 26 heavy (non-hydrogen) atoms. The van der Waals surface area contributed by atoms with Crippen LogP contribution in [-0.4, -0.2) is 29.9 Å². The van der Waals surface area contributed by atoms with Gasteiger partial charge in [0, 0.05) is 11.9 Å². The van der Waals surface area contributed by atoms with Gasteiger partial charge in [0.15, 0.2) is 0 Å². The maximum atomic E-state index is 11.4. The zero-order valence-electron chi connectivity index (χ0n) is 17.4. The third kappa shape index (κ3) is 20.2. The fraction of sp³-hybridized carbons (Fsp3) is 1.00. The molecule has 0 rings (SSSR count). The van der Waals surface area contributed by atoms with E-state index in [0.717, 1.165) is 51.4 Å². The summed E-state index contributed by atoms with van der Waals surface area (Å²) in [5, 5.41) is 8.04. The van der Waals surface area contributed by atoms with Gasteiger partial charge in [-0.25, -0.2) is 8.42 Å². The molecule has 1 unspecified atom stereocenters. The minimum atomic E-state index is -4.14. The zero-order valence-corrected chi connectivity index (χ0v) is 21.3. The van der Waals surface area contributed by atoms with Gasteiger partial charge in [0.25, 0.3) is 0 Å². The quantitative estimate of drug-likeness (QED) is 0.199. The first-order valence-electron chi connectivity index (χ1n) is 10.6. The van der Waals surface area contributed by atoms with Gasteiger partial charge in [-0.1, -0.05) is 96.8 Å². The molecule has 0 amide bonds. The van der Waals surface area contributed by atoms with Crippen LogP contribution in [0.1, 0.15) is 116 Å². The Labute approximate surface area is 205 Å². The third-order valence-corrected chi connectivity index (χ3v) is 6.26. The van der Waals surface area contributed by atoms with Crippen LogP contribution in [0.3, 0.4) is 0 Å². The van der Waals surface area contributed by atoms with E-state index < -0.39 is 15.4 Å². The van der Waals surface area contributed by atoms with Crippen molar-refractivity contribution in [2.45, 2.75) is 121 Å². The van der Waals surface area contributed by atoms with Crippen molar-refractivity contribution in [3.63, 3.8) is 0 Å². The van der Waals surface area contributed by atoms with Gasteiger partial charge in [0.2, 0.25) is 0 Å². The van der Waals surface area contributed by atoms with Gasteiger partial charge in [-0.2, -0.15) is 0 Å². The topological polar surface area (TPSA) is 77.4 Å². The number of hydrogen-bond acceptors (Lipinski definition) is 4. The van der Waals surface area contributed by atoms with Crippen molar-refractivity contribution >= 4 is 10.1 Å². The van der Waals surface area contributed by atoms with Crippen molar-refractivity contribution in [3.8, 4) is 0 Å². The Hall–Kier alpha value is 1.51. The predicted octanol–water partition coefficient (Wildman–Crippen LogP) is 2.55. The smallest absolute Gasteiger partial charge is 0.748 e. The van der Waals surface area contributed by atoms with E-state index in [-0.39, 0.29) is 51.4 Å². The van der Waals surface area contributed by atoms with Crippen LogP contribution in [-0.2, 0) is 10.1 Å². The third-order valence-electron chi connectivity index (χ3n) is 4.97. The minimum Gasteiger partial charge on any atom is -0.748 e. The molecule has 0 saturated carbocycles. The molecule has 0 aliphatic carbocycles. The molecule has 6 heteroatoms. The van der Waals surface area contributed by atoms with Crippen molar-refractivity contribution < 1.29 is 69.5 Å². The van der Waals surface area contributed by atoms with E-state index in [1.807, 2.05) is 0 Å². The normalized spacial score (nSPS) is 12.7. The second kappa shape index (κ2) is 21.2. The van der Waals surface area contributed by atoms with Crippen LogP contribution in [0.15, 0.2) is 0 Å². The molecule has 0 aliphatic rings. The summed E-state index contributed by atoms with van der Waals surface area (Å²) in [7, 11) is -4.14. The van der Waals surface area contributed by atoms with Crippen molar-refractivity contribution in [3.05, 3.63) is 0 Å². The van der Waals surface area contributed by atoms with E-state index in [1.165, 1.54) is 44.9 Å². The van der Waals surface area contributed by atoms with Gasteiger partial charge in [-0.15, -0.1) is 0 Å². The number of hydrogen-bond donors (Lipinski definition) is 1. The monoisotopic (exact) mass is 416 g/mol. The van der Waals surface area contributed by atoms with Gasteiger partial charge in [-0.05, 0) is 19.3 Å². The fourth-order valence-electron chi connectivity index (χ4n) is 3.31. The molecular weight excluding hydrogens is 375 g/mol. The van der Waals surface area contributed by atoms with Crippen molar-refractivity contribution in [1.82, 2.24) is 0 Å². The maximum Gasteiger partial charge on any atom is 1.00 e. The molecule has 1 N–H and O–H groups in total. The second-order valence-electron chi connectivity index (χ2n) is 7.37. The molecule has 0 spiro atoms. The zero-order chi connectivity index (χ0) is 18.8. The van der Waals surface area contributed by atoms with Gasteiger partial charge < -0.3 is 9.66 Å². The Morgan fingerprint density at radius 3 is 1.38 bits per heavy atom. The van der Waals surface area contributed by atoms with Crippen LogP contribution < -0.4 is 51.4 Å². The molecule has 0 aliphatic heterocycles. The van der Waals surface area contributed by atoms with Gasteiger partial charge in [0.1, 0.15) is 0 Å². The largest absolute Gasteiger partial charge is 1.00 e. The van der Waals surface area contributed by atoms with Crippen LogP contribution in [0.25, 0.3) is 0 Å². The first-order chi connectivity index (χ1) is 12.0. The summed E-state index contributed by atoms with van der Waals surface area (Å²) in [6.45, 7) is 2.46. The van der Waals surface area contributed by atoms with E-state index >= 15 is 0 Å². The van der Waals surface area contributed by atoms with Crippen LogP contribution >= 0.6 is 0 Å². The number of rotatable bonds is 19. The molecule has 0 radical (unpaired) electrons. The van der Waals surface area contributed by atoms with Crippen molar-refractivity contribution in [1.29, 1.82) is 0 Å². The summed E-state index contributed by atoms with van der Waals surface area (Å²) >= 11 is 0. The number of unbranched alkanes of at least 4 members (excludes halogenated alkanes) is 13. The Morgan fingerprint density at radius 2 is 1.04 bits per heavy atom. The molecule has 0 bridgehead atoms. The Balaban J connectivity index is 0. The number of aliphatic hydroxyl groups excluding tert-OH is 1. The molecule has 0 fully saturated rings. The summed E-state index contributed by atoms with van der Waals surface area (Å²) in [5.74, 6) is 0. The molecule has 0 aromatic rings. The number of aliphatic hydroxyl groups is 1. The van der Waals surface area contributed by atoms with Crippen LogP contribution in [0.2, 0.25) is 0 Å². The summed E-state index contributed by atoms with van der Waals surface area (Å²) in [6.07, 6.45) is 17.7. The van der Waals surface area contributed by atoms with Crippen LogP contribution in [0.5, 0.6) is 0 Å². The first-order valence-corrected chi connectivity index (χ1v) is 12.0. The molecule has 0 saturated heterocycles. The molecular formula is C20H41KO4S. The SMILES string of the molecule is CCCCCCCC(CCCCCCCCCCCCO)S(=O)(=O)[O-].[K+]. The van der Waals surface area contributed by atoms with Gasteiger partial charge >= 0.3 is 51.4 Å². The second-order valence-corrected chi connectivity index (χ2v) is 9.02. The average Bonchev–Trinajstić information content (AvgIpc) is 2.56.